The molecule has 3 aliphatic carbocycles. The number of nitrogens with zero attached hydrogens (tertiary/aromatic N) is 1. The summed E-state index contributed by atoms with van der Waals surface area (Å²) in [5, 5.41) is 4.57. The van der Waals surface area contributed by atoms with E-state index in [2.05, 4.69) is 157 Å². The van der Waals surface area contributed by atoms with Gasteiger partial charge in [0.2, 0.25) is 0 Å². The summed E-state index contributed by atoms with van der Waals surface area (Å²) >= 11 is 5.61. The molecular weight excluding hydrogens is 1130 g/mol. The van der Waals surface area contributed by atoms with Crippen LogP contribution in [0, 0.1) is 5.92 Å². The van der Waals surface area contributed by atoms with E-state index in [1.807, 2.05) is 28.9 Å². The van der Waals surface area contributed by atoms with E-state index in [4.69, 9.17) is 9.73 Å². The molecule has 10 rings (SSSR count). The molecule has 3 aliphatic rings. The molecule has 0 saturated heterocycles. The van der Waals surface area contributed by atoms with Crippen molar-refractivity contribution in [1.82, 2.24) is 0 Å². The first-order valence-electron chi connectivity index (χ1n) is 35.6. The lowest BCUT2D eigenvalue weighted by atomic mass is 9.63. The molecule has 0 amide bonds. The predicted octanol–water partition coefficient (Wildman–Crippen LogP) is 26.1. The Hall–Kier alpha value is -4.88. The lowest BCUT2D eigenvalue weighted by molar-refractivity contribution is -0.143. The van der Waals surface area contributed by atoms with Crippen molar-refractivity contribution in [1.29, 1.82) is 0 Å². The van der Waals surface area contributed by atoms with Crippen LogP contribution in [0.4, 0.5) is 0 Å². The minimum atomic E-state index is -0.536. The fraction of sp³-hybridized carbons (Fsp3) is 0.537. The summed E-state index contributed by atoms with van der Waals surface area (Å²) in [7, 11) is 1.47. The van der Waals surface area contributed by atoms with Crippen LogP contribution in [0.25, 0.3) is 64.7 Å². The van der Waals surface area contributed by atoms with Crippen LogP contribution in [0.2, 0.25) is 0 Å². The van der Waals surface area contributed by atoms with Crippen molar-refractivity contribution < 1.29 is 9.53 Å². The van der Waals surface area contributed by atoms with Crippen molar-refractivity contribution in [2.45, 2.75) is 270 Å². The number of carbonyl (C=O) groups is 1. The number of unbranched alkanes of at least 4 members (excludes halogenated alkanes) is 18. The number of hydrogen-bond donors (Lipinski definition) is 0. The molecule has 88 heavy (non-hydrogen) atoms. The number of benzene rings is 4. The van der Waals surface area contributed by atoms with Crippen LogP contribution in [0.3, 0.4) is 0 Å². The molecule has 7 aromatic rings. The standard InChI is InChI=1S/C82H107NO2S3/c1-10-16-22-28-46-80(47-29-23-17-11-2)66-42-38-59(69-36-34-52-86-69)54-63(66)73-75(80)72-64-55-60(70-37-35-53-87-70)39-43-67(64)81(48-30-24-18-12-3,49-31-25-19-13-4)76(72)74-65-56-61(71-45-41-62(88-71)57-83-78(58(7)8)79(84)85-9)40-44-68(65)82(77(73)74,50-32-26-20-14-5)51-33-27-21-15-6/h34-45,52-58,78H,10-33,46-51H2,1-9H3/t78-/m0/s1. The maximum Gasteiger partial charge on any atom is 0.330 e. The third kappa shape index (κ3) is 13.3. The van der Waals surface area contributed by atoms with Crippen LogP contribution in [-0.4, -0.2) is 25.3 Å². The highest BCUT2D eigenvalue weighted by Crippen LogP contribution is 2.72. The molecule has 0 spiro atoms. The molecule has 6 heteroatoms. The number of aliphatic imine (C=N–C) groups is 1. The van der Waals surface area contributed by atoms with Gasteiger partial charge in [0.1, 0.15) is 6.04 Å². The van der Waals surface area contributed by atoms with Crippen molar-refractivity contribution in [2.75, 3.05) is 7.11 Å². The number of methoxy groups -OCH3 is 1. The minimum absolute atomic E-state index is 0.0349. The van der Waals surface area contributed by atoms with E-state index in [0.29, 0.717) is 0 Å². The zero-order valence-electron chi connectivity index (χ0n) is 55.7. The molecule has 3 heterocycles. The maximum absolute atomic E-state index is 13.0. The van der Waals surface area contributed by atoms with Crippen LogP contribution >= 0.6 is 34.0 Å². The number of rotatable bonds is 37. The summed E-state index contributed by atoms with van der Waals surface area (Å²) in [5.74, 6) is -0.243. The summed E-state index contributed by atoms with van der Waals surface area (Å²) in [5.41, 5.74) is 23.2. The number of esters is 1. The fourth-order valence-electron chi connectivity index (χ4n) is 16.7. The first kappa shape index (κ1) is 66.1. The quantitative estimate of drug-likeness (QED) is 0.0221. The van der Waals surface area contributed by atoms with Gasteiger partial charge in [0, 0.05) is 42.0 Å². The molecular formula is C82H107NO2S3. The maximum atomic E-state index is 13.0. The minimum Gasteiger partial charge on any atom is -0.467 e. The summed E-state index contributed by atoms with van der Waals surface area (Å²) in [6.45, 7) is 18.5. The number of ether oxygens (including phenoxy) is 1. The van der Waals surface area contributed by atoms with Gasteiger partial charge in [0.15, 0.2) is 0 Å². The third-order valence-corrected chi connectivity index (χ3v) is 24.0. The van der Waals surface area contributed by atoms with Gasteiger partial charge in [-0.15, -0.1) is 34.0 Å². The monoisotopic (exact) mass is 1230 g/mol. The first-order valence-corrected chi connectivity index (χ1v) is 38.2. The zero-order chi connectivity index (χ0) is 61.7. The molecule has 0 unspecified atom stereocenters. The molecule has 3 aromatic heterocycles. The average Bonchev–Trinajstić information content (AvgIpc) is 1.48. The van der Waals surface area contributed by atoms with Crippen LogP contribution in [0.1, 0.15) is 286 Å². The van der Waals surface area contributed by atoms with Gasteiger partial charge in [-0.3, -0.25) is 4.99 Å². The number of fused-ring (bicyclic) bond motifs is 12. The van der Waals surface area contributed by atoms with E-state index >= 15 is 0 Å². The Morgan fingerprint density at radius 2 is 0.784 bits per heavy atom. The Kier molecular flexibility index (Phi) is 23.2. The van der Waals surface area contributed by atoms with Crippen molar-refractivity contribution in [2.24, 2.45) is 10.9 Å². The van der Waals surface area contributed by atoms with Gasteiger partial charge < -0.3 is 4.74 Å². The lowest BCUT2D eigenvalue weighted by Crippen LogP contribution is -2.31. The molecule has 0 bridgehead atoms. The van der Waals surface area contributed by atoms with Crippen molar-refractivity contribution in [3.05, 3.63) is 140 Å². The van der Waals surface area contributed by atoms with Gasteiger partial charge in [-0.05, 0) is 181 Å². The van der Waals surface area contributed by atoms with Crippen molar-refractivity contribution in [3.8, 4) is 64.7 Å². The van der Waals surface area contributed by atoms with Gasteiger partial charge in [0.25, 0.3) is 0 Å². The predicted molar refractivity (Wildman–Crippen MR) is 386 cm³/mol. The number of carbonyl (C=O) groups excluding carboxylic acids is 1. The van der Waals surface area contributed by atoms with Crippen LogP contribution in [0.5, 0.6) is 0 Å². The Bertz CT molecular complexity index is 3300. The highest BCUT2D eigenvalue weighted by molar-refractivity contribution is 7.17. The average molecular weight is 1230 g/mol. The van der Waals surface area contributed by atoms with Crippen LogP contribution < -0.4 is 0 Å². The highest BCUT2D eigenvalue weighted by Gasteiger charge is 2.58. The highest BCUT2D eigenvalue weighted by atomic mass is 32.1. The molecule has 4 aromatic carbocycles. The Morgan fingerprint density at radius 3 is 1.08 bits per heavy atom. The molecule has 0 radical (unpaired) electrons. The van der Waals surface area contributed by atoms with Gasteiger partial charge in [-0.1, -0.05) is 258 Å². The fourth-order valence-corrected chi connectivity index (χ4v) is 19.0. The second-order valence-electron chi connectivity index (χ2n) is 27.3. The molecule has 0 N–H and O–H groups in total. The van der Waals surface area contributed by atoms with E-state index in [-0.39, 0.29) is 28.1 Å². The summed E-state index contributed by atoms with van der Waals surface area (Å²) in [6.07, 6.45) is 39.3. The number of hydrogen-bond acceptors (Lipinski definition) is 6. The molecule has 3 nitrogen and oxygen atoms in total. The van der Waals surface area contributed by atoms with E-state index in [1.54, 1.807) is 72.5 Å². The van der Waals surface area contributed by atoms with Gasteiger partial charge in [0.05, 0.1) is 7.11 Å². The second-order valence-corrected chi connectivity index (χ2v) is 30.3. The summed E-state index contributed by atoms with van der Waals surface area (Å²) in [4.78, 5) is 22.9. The summed E-state index contributed by atoms with van der Waals surface area (Å²) in [6, 6.07) is 37.2. The van der Waals surface area contributed by atoms with Crippen molar-refractivity contribution >= 4 is 46.2 Å². The number of thiophene rings is 3. The normalized spacial score (nSPS) is 15.0. The molecule has 1 atom stereocenters. The smallest absolute Gasteiger partial charge is 0.330 e. The largest absolute Gasteiger partial charge is 0.467 e. The molecule has 0 aliphatic heterocycles. The second kappa shape index (κ2) is 31.0. The van der Waals surface area contributed by atoms with Crippen LogP contribution in [0.15, 0.2) is 107 Å². The Labute approximate surface area is 545 Å². The van der Waals surface area contributed by atoms with Gasteiger partial charge >= 0.3 is 5.97 Å². The SMILES string of the molecule is CCCCCCC1(CCCCCC)c2ccc(-c3cccs3)cc2-c2c1c1c(c3c2C(CCCCCC)(CCCCCC)c2ccc(-c4ccc(C=N[C@H](C(=O)OC)C(C)C)s4)cc2-3)C(CCCCCC)(CCCCCC)c2ccc(-c3cccs3)cc2-1. The topological polar surface area (TPSA) is 38.7 Å². The lowest BCUT2D eigenvalue weighted by Gasteiger charge is -2.39. The third-order valence-electron chi connectivity index (χ3n) is 21.1. The van der Waals surface area contributed by atoms with E-state index < -0.39 is 6.04 Å². The Morgan fingerprint density at radius 1 is 0.443 bits per heavy atom. The molecule has 470 valence electrons. The van der Waals surface area contributed by atoms with Gasteiger partial charge in [-0.25, -0.2) is 4.79 Å². The zero-order valence-corrected chi connectivity index (χ0v) is 58.2. The molecule has 0 fully saturated rings. The van der Waals surface area contributed by atoms with E-state index in [9.17, 15) is 4.79 Å². The van der Waals surface area contributed by atoms with Crippen molar-refractivity contribution in [3.63, 3.8) is 0 Å². The van der Waals surface area contributed by atoms with Gasteiger partial charge in [-0.2, -0.15) is 0 Å². The van der Waals surface area contributed by atoms with Crippen LogP contribution in [-0.2, 0) is 25.8 Å². The van der Waals surface area contributed by atoms with E-state index in [0.717, 1.165) is 4.88 Å². The summed E-state index contributed by atoms with van der Waals surface area (Å²) < 4.78 is 5.24. The Balaban J connectivity index is 1.39. The van der Waals surface area contributed by atoms with E-state index in [1.165, 1.54) is 237 Å². The molecule has 0 saturated carbocycles. The first-order chi connectivity index (χ1) is 43.1.